The van der Waals surface area contributed by atoms with Crippen molar-refractivity contribution in [1.82, 2.24) is 19.4 Å². The molecule has 0 amide bonds. The van der Waals surface area contributed by atoms with Crippen molar-refractivity contribution in [2.24, 2.45) is 0 Å². The molecule has 0 unspecified atom stereocenters. The molecule has 34 heavy (non-hydrogen) atoms. The average molecular weight is 457 g/mol. The molecule has 0 radical (unpaired) electrons. The van der Waals surface area contributed by atoms with Crippen LogP contribution >= 0.6 is 0 Å². The van der Waals surface area contributed by atoms with Crippen LogP contribution in [-0.2, 0) is 11.2 Å². The predicted octanol–water partition coefficient (Wildman–Crippen LogP) is 3.46. The Morgan fingerprint density at radius 2 is 2.06 bits per heavy atom. The number of fused-ring (bicyclic) bond motifs is 5. The topological polar surface area (TPSA) is 86.0 Å². The van der Waals surface area contributed by atoms with Crippen molar-refractivity contribution in [3.8, 4) is 22.9 Å². The second kappa shape index (κ2) is 7.88. The number of anilines is 3. The zero-order chi connectivity index (χ0) is 22.5. The van der Waals surface area contributed by atoms with Gasteiger partial charge < -0.3 is 28.8 Å². The summed E-state index contributed by atoms with van der Waals surface area (Å²) in [5.41, 5.74) is 5.66. The van der Waals surface area contributed by atoms with Crippen molar-refractivity contribution in [2.45, 2.75) is 18.9 Å². The number of pyridine rings is 1. The van der Waals surface area contributed by atoms with Gasteiger partial charge in [-0.25, -0.2) is 15.0 Å². The van der Waals surface area contributed by atoms with Crippen molar-refractivity contribution >= 4 is 22.8 Å². The van der Waals surface area contributed by atoms with E-state index in [1.165, 1.54) is 0 Å². The Balaban J connectivity index is 1.24. The number of hydrogen-bond acceptors (Lipinski definition) is 8. The summed E-state index contributed by atoms with van der Waals surface area (Å²) in [6, 6.07) is 8.61. The van der Waals surface area contributed by atoms with Crippen molar-refractivity contribution in [1.29, 1.82) is 0 Å². The predicted molar refractivity (Wildman–Crippen MR) is 127 cm³/mol. The van der Waals surface area contributed by atoms with Crippen LogP contribution < -0.4 is 19.7 Å². The summed E-state index contributed by atoms with van der Waals surface area (Å²) >= 11 is 0. The number of imidazole rings is 1. The van der Waals surface area contributed by atoms with Crippen LogP contribution in [0.1, 0.15) is 12.0 Å². The van der Waals surface area contributed by atoms with Gasteiger partial charge in [0.05, 0.1) is 37.2 Å². The minimum absolute atomic E-state index is 0.276. The summed E-state index contributed by atoms with van der Waals surface area (Å²) in [7, 11) is 0. The first kappa shape index (κ1) is 19.6. The van der Waals surface area contributed by atoms with E-state index in [9.17, 15) is 0 Å². The van der Waals surface area contributed by atoms with E-state index in [-0.39, 0.29) is 6.04 Å². The molecular formula is C25H24N6O3. The zero-order valence-electron chi connectivity index (χ0n) is 18.6. The first-order chi connectivity index (χ1) is 16.8. The molecule has 3 aliphatic rings. The molecule has 0 saturated carbocycles. The maximum atomic E-state index is 6.07. The van der Waals surface area contributed by atoms with Gasteiger partial charge in [-0.1, -0.05) is 0 Å². The van der Waals surface area contributed by atoms with Gasteiger partial charge in [-0.05, 0) is 31.0 Å². The molecule has 6 heterocycles. The summed E-state index contributed by atoms with van der Waals surface area (Å²) in [6.07, 6.45) is 9.48. The number of morpholine rings is 1. The molecule has 3 aromatic heterocycles. The molecule has 1 saturated heterocycles. The van der Waals surface area contributed by atoms with Crippen LogP contribution in [0.2, 0.25) is 0 Å². The van der Waals surface area contributed by atoms with Gasteiger partial charge in [0, 0.05) is 54.2 Å². The normalized spacial score (nSPS) is 18.9. The molecule has 1 fully saturated rings. The van der Waals surface area contributed by atoms with Gasteiger partial charge in [-0.3, -0.25) is 0 Å². The Bertz CT molecular complexity index is 1390. The van der Waals surface area contributed by atoms with Crippen LogP contribution in [-0.4, -0.2) is 58.4 Å². The lowest BCUT2D eigenvalue weighted by molar-refractivity contribution is 0.0705. The summed E-state index contributed by atoms with van der Waals surface area (Å²) < 4.78 is 19.3. The largest absolute Gasteiger partial charge is 0.489 e. The van der Waals surface area contributed by atoms with E-state index in [0.717, 1.165) is 78.1 Å². The number of aromatic nitrogens is 4. The number of hydrogen-bond donors (Lipinski definition) is 1. The molecule has 1 atom stereocenters. The van der Waals surface area contributed by atoms with Gasteiger partial charge in [-0.15, -0.1) is 0 Å². The van der Waals surface area contributed by atoms with Crippen LogP contribution in [0.5, 0.6) is 11.6 Å². The van der Waals surface area contributed by atoms with Gasteiger partial charge in [0.25, 0.3) is 0 Å². The minimum atomic E-state index is 0.276. The minimum Gasteiger partial charge on any atom is -0.489 e. The molecule has 4 aromatic rings. The number of benzene rings is 1. The monoisotopic (exact) mass is 456 g/mol. The number of aryl methyl sites for hydroxylation is 1. The van der Waals surface area contributed by atoms with E-state index in [0.29, 0.717) is 19.0 Å². The Labute approximate surface area is 196 Å². The second-order valence-electron chi connectivity index (χ2n) is 8.81. The molecule has 0 bridgehead atoms. The number of nitrogens with zero attached hydrogens (tertiary/aromatic N) is 5. The van der Waals surface area contributed by atoms with E-state index in [4.69, 9.17) is 19.2 Å². The van der Waals surface area contributed by atoms with Gasteiger partial charge in [0.2, 0.25) is 5.88 Å². The standard InChI is InChI=1S/C25H24N6O3/c1-2-16-10-17(12-27-25(16)33-8-1)20-13-30-6-5-26-24(30)23(29-20)28-18-3-4-21-22(11-18)34-15-19-14-32-9-7-31(19)21/h3-6,10-13,19H,1-2,7-9,14-15H2,(H,28,29)/t19-/m1/s1. The fraction of sp³-hybridized carbons (Fsp3) is 0.320. The van der Waals surface area contributed by atoms with Crippen molar-refractivity contribution in [3.05, 3.63) is 54.6 Å². The lowest BCUT2D eigenvalue weighted by Gasteiger charge is -2.41. The fourth-order valence-corrected chi connectivity index (χ4v) is 4.91. The molecule has 172 valence electrons. The Kier molecular flexibility index (Phi) is 4.54. The van der Waals surface area contributed by atoms with E-state index in [1.807, 2.05) is 29.1 Å². The second-order valence-corrected chi connectivity index (χ2v) is 8.81. The third-order valence-electron chi connectivity index (χ3n) is 6.62. The van der Waals surface area contributed by atoms with Gasteiger partial charge >= 0.3 is 0 Å². The van der Waals surface area contributed by atoms with Crippen LogP contribution in [0.4, 0.5) is 17.2 Å². The highest BCUT2D eigenvalue weighted by atomic mass is 16.5. The lowest BCUT2D eigenvalue weighted by Crippen LogP contribution is -2.51. The molecule has 9 nitrogen and oxygen atoms in total. The summed E-state index contributed by atoms with van der Waals surface area (Å²) in [5, 5.41) is 3.46. The maximum absolute atomic E-state index is 6.07. The quantitative estimate of drug-likeness (QED) is 0.502. The Morgan fingerprint density at radius 1 is 1.06 bits per heavy atom. The van der Waals surface area contributed by atoms with Gasteiger partial charge in [-0.2, -0.15) is 0 Å². The van der Waals surface area contributed by atoms with E-state index in [2.05, 4.69) is 38.4 Å². The van der Waals surface area contributed by atoms with Gasteiger partial charge in [0.15, 0.2) is 11.5 Å². The third-order valence-corrected chi connectivity index (χ3v) is 6.62. The fourth-order valence-electron chi connectivity index (χ4n) is 4.91. The first-order valence-corrected chi connectivity index (χ1v) is 11.7. The highest BCUT2D eigenvalue weighted by molar-refractivity contribution is 5.76. The highest BCUT2D eigenvalue weighted by Crippen LogP contribution is 2.38. The third kappa shape index (κ3) is 3.31. The number of rotatable bonds is 3. The van der Waals surface area contributed by atoms with Crippen LogP contribution in [0.25, 0.3) is 16.9 Å². The highest BCUT2D eigenvalue weighted by Gasteiger charge is 2.30. The zero-order valence-corrected chi connectivity index (χ0v) is 18.6. The first-order valence-electron chi connectivity index (χ1n) is 11.7. The Morgan fingerprint density at radius 3 is 3.06 bits per heavy atom. The van der Waals surface area contributed by atoms with E-state index in [1.54, 1.807) is 6.20 Å². The van der Waals surface area contributed by atoms with Crippen molar-refractivity contribution < 1.29 is 14.2 Å². The molecular weight excluding hydrogens is 432 g/mol. The summed E-state index contributed by atoms with van der Waals surface area (Å²) in [6.45, 7) is 3.69. The molecule has 0 spiro atoms. The van der Waals surface area contributed by atoms with E-state index >= 15 is 0 Å². The lowest BCUT2D eigenvalue weighted by atomic mass is 10.1. The molecule has 7 rings (SSSR count). The number of ether oxygens (including phenoxy) is 3. The van der Waals surface area contributed by atoms with Crippen LogP contribution in [0, 0.1) is 0 Å². The summed E-state index contributed by atoms with van der Waals surface area (Å²) in [4.78, 5) is 16.3. The van der Waals surface area contributed by atoms with Crippen LogP contribution in [0.15, 0.2) is 49.1 Å². The molecule has 1 aromatic carbocycles. The number of nitrogens with one attached hydrogen (secondary N) is 1. The average Bonchev–Trinajstić information content (AvgIpc) is 3.37. The van der Waals surface area contributed by atoms with Gasteiger partial charge in [0.1, 0.15) is 12.4 Å². The van der Waals surface area contributed by atoms with Crippen molar-refractivity contribution in [2.75, 3.05) is 43.2 Å². The van der Waals surface area contributed by atoms with Crippen molar-refractivity contribution in [3.63, 3.8) is 0 Å². The smallest absolute Gasteiger partial charge is 0.216 e. The Hall–Kier alpha value is -3.85. The van der Waals surface area contributed by atoms with E-state index < -0.39 is 0 Å². The summed E-state index contributed by atoms with van der Waals surface area (Å²) in [5.74, 6) is 2.28. The SMILES string of the molecule is c1cn2cc(-c3cnc4c(c3)CCCO4)nc(Nc3ccc4c(c3)OC[C@H]3COCCN43)c2n1. The molecule has 9 heteroatoms. The molecule has 0 aliphatic carbocycles. The van der Waals surface area contributed by atoms with Crippen LogP contribution in [0.3, 0.4) is 0 Å². The molecule has 1 N–H and O–H groups in total. The maximum Gasteiger partial charge on any atom is 0.216 e. The molecule has 3 aliphatic heterocycles.